The highest BCUT2D eigenvalue weighted by molar-refractivity contribution is 6.30. The first-order valence-electron chi connectivity index (χ1n) is 12.4. The lowest BCUT2D eigenvalue weighted by Gasteiger charge is -2.19. The van der Waals surface area contributed by atoms with Gasteiger partial charge >= 0.3 is 6.18 Å². The Morgan fingerprint density at radius 1 is 0.976 bits per heavy atom. The summed E-state index contributed by atoms with van der Waals surface area (Å²) < 4.78 is 48.0. The van der Waals surface area contributed by atoms with Crippen LogP contribution in [-0.4, -0.2) is 38.1 Å². The molecule has 0 aliphatic rings. The van der Waals surface area contributed by atoms with Gasteiger partial charge in [0.15, 0.2) is 11.5 Å². The van der Waals surface area contributed by atoms with E-state index in [2.05, 4.69) is 21.3 Å². The van der Waals surface area contributed by atoms with Crippen LogP contribution in [0.4, 0.5) is 13.2 Å². The highest BCUT2D eigenvalue weighted by Crippen LogP contribution is 2.34. The number of halogens is 4. The second-order valence-electron chi connectivity index (χ2n) is 9.24. The molecule has 0 aliphatic heterocycles. The molecule has 0 aliphatic carbocycles. The minimum atomic E-state index is -4.60. The first kappa shape index (κ1) is 28.0. The van der Waals surface area contributed by atoms with Crippen molar-refractivity contribution in [3.05, 3.63) is 104 Å². The van der Waals surface area contributed by atoms with E-state index in [4.69, 9.17) is 16.3 Å². The van der Waals surface area contributed by atoms with Crippen molar-refractivity contribution in [1.82, 2.24) is 24.4 Å². The van der Waals surface area contributed by atoms with Crippen LogP contribution in [-0.2, 0) is 23.9 Å². The summed E-state index contributed by atoms with van der Waals surface area (Å²) in [6.45, 7) is 1.66. The molecule has 3 aromatic heterocycles. The van der Waals surface area contributed by atoms with Gasteiger partial charge in [-0.15, -0.1) is 10.2 Å². The molecule has 0 atom stereocenters. The third-order valence-electron chi connectivity index (χ3n) is 6.64. The van der Waals surface area contributed by atoms with Gasteiger partial charge in [-0.05, 0) is 53.9 Å². The Hall–Kier alpha value is -4.53. The number of alkyl halides is 3. The van der Waals surface area contributed by atoms with E-state index < -0.39 is 17.4 Å². The van der Waals surface area contributed by atoms with Crippen LogP contribution in [0.1, 0.15) is 28.3 Å². The van der Waals surface area contributed by atoms with Crippen molar-refractivity contribution < 1.29 is 17.9 Å². The normalized spacial score (nSPS) is 11.6. The van der Waals surface area contributed by atoms with Crippen molar-refractivity contribution >= 4 is 17.2 Å². The fourth-order valence-corrected chi connectivity index (χ4v) is 4.72. The quantitative estimate of drug-likeness (QED) is 0.245. The molecule has 2 aromatic carbocycles. The molecule has 0 radical (unpaired) electrons. The van der Waals surface area contributed by atoms with Crippen molar-refractivity contribution in [2.24, 2.45) is 0 Å². The van der Waals surface area contributed by atoms with Gasteiger partial charge in [-0.2, -0.15) is 18.4 Å². The van der Waals surface area contributed by atoms with E-state index in [1.54, 1.807) is 53.0 Å². The average molecular weight is 579 g/mol. The average Bonchev–Trinajstić information content (AvgIpc) is 3.37. The number of fused-ring (bicyclic) bond motifs is 1. The number of rotatable bonds is 7. The number of hydrogen-bond donors (Lipinski definition) is 0. The number of aryl methyl sites for hydroxylation is 1. The molecule has 8 nitrogen and oxygen atoms in total. The van der Waals surface area contributed by atoms with Gasteiger partial charge < -0.3 is 4.74 Å². The summed E-state index contributed by atoms with van der Waals surface area (Å²) in [6, 6.07) is 17.7. The van der Waals surface area contributed by atoms with Crippen LogP contribution in [0, 0.1) is 18.3 Å². The van der Waals surface area contributed by atoms with Gasteiger partial charge in [-0.1, -0.05) is 41.9 Å². The molecule has 0 saturated carbocycles. The minimum Gasteiger partial charge on any atom is -0.384 e. The summed E-state index contributed by atoms with van der Waals surface area (Å²) in [7, 11) is 1.54. The number of nitriles is 1. The summed E-state index contributed by atoms with van der Waals surface area (Å²) in [5, 5.41) is 18.6. The maximum absolute atomic E-state index is 14.4. The standard InChI is InChI=1S/C29H22ClF3N6O2/c1-17-21(9-12-23(35-17)29(31,32)33)16-38-28(40)26(20-5-3-18(15-34)4-6-20)25(19-7-10-22(30)11-8-19)27-37-36-24(39(27)38)13-14-41-2/h3-12H,13-14,16H2,1-2H3. The molecule has 12 heteroatoms. The number of ether oxygens (including phenoxy) is 1. The largest absolute Gasteiger partial charge is 0.433 e. The van der Waals surface area contributed by atoms with Crippen molar-refractivity contribution in [1.29, 1.82) is 5.26 Å². The topological polar surface area (TPSA) is 98.1 Å². The Balaban J connectivity index is 1.83. The third kappa shape index (κ3) is 5.44. The Kier molecular flexibility index (Phi) is 7.62. The zero-order valence-corrected chi connectivity index (χ0v) is 22.7. The summed E-state index contributed by atoms with van der Waals surface area (Å²) in [5.74, 6) is 0.429. The van der Waals surface area contributed by atoms with E-state index in [1.165, 1.54) is 24.8 Å². The Morgan fingerprint density at radius 2 is 1.63 bits per heavy atom. The molecule has 41 heavy (non-hydrogen) atoms. The molecule has 0 N–H and O–H groups in total. The van der Waals surface area contributed by atoms with Crippen LogP contribution in [0.5, 0.6) is 0 Å². The number of benzene rings is 2. The zero-order valence-electron chi connectivity index (χ0n) is 21.9. The highest BCUT2D eigenvalue weighted by atomic mass is 35.5. The molecule has 5 aromatic rings. The van der Waals surface area contributed by atoms with Crippen LogP contribution in [0.3, 0.4) is 0 Å². The molecule has 0 saturated heterocycles. The number of hydrogen-bond acceptors (Lipinski definition) is 6. The lowest BCUT2D eigenvalue weighted by atomic mass is 9.96. The Morgan fingerprint density at radius 3 is 2.24 bits per heavy atom. The molecule has 5 rings (SSSR count). The number of methoxy groups -OCH3 is 1. The number of pyridine rings is 1. The summed E-state index contributed by atoms with van der Waals surface area (Å²) in [5.41, 5.74) is 1.82. The fraction of sp³-hybridized carbons (Fsp3) is 0.207. The second kappa shape index (κ2) is 11.2. The van der Waals surface area contributed by atoms with Gasteiger partial charge in [-0.25, -0.2) is 14.2 Å². The van der Waals surface area contributed by atoms with Gasteiger partial charge in [-0.3, -0.25) is 4.79 Å². The van der Waals surface area contributed by atoms with E-state index in [9.17, 15) is 23.2 Å². The van der Waals surface area contributed by atoms with Crippen molar-refractivity contribution in [2.45, 2.75) is 26.1 Å². The van der Waals surface area contributed by atoms with E-state index in [0.29, 0.717) is 57.3 Å². The van der Waals surface area contributed by atoms with Crippen molar-refractivity contribution in [3.63, 3.8) is 0 Å². The zero-order chi connectivity index (χ0) is 29.3. The SMILES string of the molecule is COCCc1nnc2c(-c3ccc(Cl)cc3)c(-c3ccc(C#N)cc3)c(=O)n(Cc3ccc(C(F)(F)F)nc3C)n12. The lowest BCUT2D eigenvalue weighted by Crippen LogP contribution is -2.30. The maximum atomic E-state index is 14.4. The molecule has 0 spiro atoms. The van der Waals surface area contributed by atoms with Gasteiger partial charge in [0, 0.05) is 29.8 Å². The first-order chi connectivity index (χ1) is 19.6. The van der Waals surface area contributed by atoms with Gasteiger partial charge in [0.25, 0.3) is 5.56 Å². The van der Waals surface area contributed by atoms with Crippen molar-refractivity contribution in [2.75, 3.05) is 13.7 Å². The number of aromatic nitrogens is 5. The van der Waals surface area contributed by atoms with E-state index in [1.807, 2.05) is 0 Å². The lowest BCUT2D eigenvalue weighted by molar-refractivity contribution is -0.141. The van der Waals surface area contributed by atoms with Gasteiger partial charge in [0.1, 0.15) is 5.69 Å². The summed E-state index contributed by atoms with van der Waals surface area (Å²) >= 11 is 6.15. The molecule has 0 amide bonds. The predicted molar refractivity (Wildman–Crippen MR) is 147 cm³/mol. The third-order valence-corrected chi connectivity index (χ3v) is 6.89. The molecular formula is C29H22ClF3N6O2. The molecule has 0 unspecified atom stereocenters. The molecule has 3 heterocycles. The highest BCUT2D eigenvalue weighted by Gasteiger charge is 2.33. The molecular weight excluding hydrogens is 557 g/mol. The van der Waals surface area contributed by atoms with Gasteiger partial charge in [0.05, 0.1) is 30.3 Å². The van der Waals surface area contributed by atoms with Crippen molar-refractivity contribution in [3.8, 4) is 28.3 Å². The van der Waals surface area contributed by atoms with E-state index in [-0.39, 0.29) is 17.8 Å². The number of nitrogens with zero attached hydrogens (tertiary/aromatic N) is 6. The molecule has 0 bridgehead atoms. The Bertz CT molecular complexity index is 1840. The summed E-state index contributed by atoms with van der Waals surface area (Å²) in [6.07, 6.45) is -4.28. The minimum absolute atomic E-state index is 0.103. The van der Waals surface area contributed by atoms with Crippen LogP contribution in [0.25, 0.3) is 27.9 Å². The van der Waals surface area contributed by atoms with E-state index >= 15 is 0 Å². The molecule has 0 fully saturated rings. The Labute approximate surface area is 237 Å². The second-order valence-corrected chi connectivity index (χ2v) is 9.68. The molecule has 208 valence electrons. The smallest absolute Gasteiger partial charge is 0.384 e. The van der Waals surface area contributed by atoms with Crippen LogP contribution < -0.4 is 5.56 Å². The van der Waals surface area contributed by atoms with Crippen LogP contribution in [0.2, 0.25) is 5.02 Å². The van der Waals surface area contributed by atoms with Crippen LogP contribution in [0.15, 0.2) is 65.5 Å². The van der Waals surface area contributed by atoms with Gasteiger partial charge in [0.2, 0.25) is 0 Å². The fourth-order valence-electron chi connectivity index (χ4n) is 4.60. The maximum Gasteiger partial charge on any atom is 0.433 e. The van der Waals surface area contributed by atoms with Crippen LogP contribution >= 0.6 is 11.6 Å². The first-order valence-corrected chi connectivity index (χ1v) is 12.8. The monoisotopic (exact) mass is 578 g/mol. The summed E-state index contributed by atoms with van der Waals surface area (Å²) in [4.78, 5) is 18.2. The van der Waals surface area contributed by atoms with E-state index in [0.717, 1.165) is 6.07 Å². The predicted octanol–water partition coefficient (Wildman–Crippen LogP) is 5.71.